The summed E-state index contributed by atoms with van der Waals surface area (Å²) in [6.45, 7) is 0. The molecule has 1 aliphatic heterocycles. The van der Waals surface area contributed by atoms with E-state index in [0.29, 0.717) is 17.3 Å². The number of nitrogens with one attached hydrogen (secondary N) is 1. The van der Waals surface area contributed by atoms with Crippen LogP contribution < -0.4 is 5.32 Å². The third-order valence-corrected chi connectivity index (χ3v) is 7.29. The van der Waals surface area contributed by atoms with Gasteiger partial charge in [-0.25, -0.2) is 4.98 Å². The molecule has 3 amide bonds. The fraction of sp³-hybridized carbons (Fsp3) is 0.455. The largest absolute Gasteiger partial charge is 0.300 e. The number of thioether (sulfide) groups is 1. The Hall–Kier alpha value is -2.19. The fourth-order valence-electron chi connectivity index (χ4n) is 4.36. The van der Waals surface area contributed by atoms with Crippen molar-refractivity contribution in [2.24, 2.45) is 11.8 Å². The van der Waals surface area contributed by atoms with E-state index in [2.05, 4.69) is 10.3 Å². The Labute approximate surface area is 184 Å². The minimum Gasteiger partial charge on any atom is -0.300 e. The molecule has 0 unspecified atom stereocenters. The zero-order valence-corrected chi connectivity index (χ0v) is 18.5. The second kappa shape index (κ2) is 9.31. The van der Waals surface area contributed by atoms with Crippen molar-refractivity contribution in [3.63, 3.8) is 0 Å². The molecule has 1 N–H and O–H groups in total. The van der Waals surface area contributed by atoms with Crippen LogP contribution in [-0.2, 0) is 14.4 Å². The maximum absolute atomic E-state index is 13.1. The van der Waals surface area contributed by atoms with Gasteiger partial charge in [0.05, 0.1) is 17.5 Å². The molecule has 0 spiro atoms. The van der Waals surface area contributed by atoms with Gasteiger partial charge in [0.15, 0.2) is 5.13 Å². The van der Waals surface area contributed by atoms with Gasteiger partial charge in [-0.1, -0.05) is 43.2 Å². The number of hydrogen-bond donors (Lipinski definition) is 1. The van der Waals surface area contributed by atoms with Crippen molar-refractivity contribution < 1.29 is 14.4 Å². The van der Waals surface area contributed by atoms with E-state index in [1.54, 1.807) is 11.8 Å². The number of carbonyl (C=O) groups excluding carboxylic acids is 3. The van der Waals surface area contributed by atoms with Crippen LogP contribution in [-0.4, -0.2) is 45.7 Å². The molecule has 2 aromatic rings. The van der Waals surface area contributed by atoms with E-state index in [1.807, 2.05) is 42.0 Å². The molecule has 0 radical (unpaired) electrons. The summed E-state index contributed by atoms with van der Waals surface area (Å²) in [5, 5.41) is 5.22. The highest BCUT2D eigenvalue weighted by Crippen LogP contribution is 2.39. The third kappa shape index (κ3) is 4.16. The number of rotatable bonds is 7. The number of hydrogen-bond acceptors (Lipinski definition) is 6. The Morgan fingerprint density at radius 1 is 1.20 bits per heavy atom. The number of anilines is 1. The van der Waals surface area contributed by atoms with Gasteiger partial charge in [0.2, 0.25) is 17.7 Å². The third-order valence-electron chi connectivity index (χ3n) is 5.89. The molecule has 2 heterocycles. The van der Waals surface area contributed by atoms with Crippen molar-refractivity contribution in [1.82, 2.24) is 9.88 Å². The Kier molecular flexibility index (Phi) is 6.53. The van der Waals surface area contributed by atoms with Gasteiger partial charge in [-0.2, -0.15) is 11.8 Å². The summed E-state index contributed by atoms with van der Waals surface area (Å²) >= 11 is 2.94. The molecule has 8 heteroatoms. The quantitative estimate of drug-likeness (QED) is 0.653. The van der Waals surface area contributed by atoms with Crippen LogP contribution in [0.4, 0.5) is 5.13 Å². The molecule has 1 aliphatic carbocycles. The standard InChI is InChI=1S/C22H25N3O3S2/c1-29-12-11-18(25-20(27)15-9-5-6-10-16(15)21(25)28)19(26)24-22-23-17(13-30-22)14-7-3-2-4-8-14/h2-4,7-8,13,15-16,18H,5-6,9-12H2,1H3,(H,23,24,26)/t15-,16-,18+/m0/s1. The highest BCUT2D eigenvalue weighted by atomic mass is 32.2. The van der Waals surface area contributed by atoms with Crippen LogP contribution in [0.15, 0.2) is 35.7 Å². The van der Waals surface area contributed by atoms with Crippen molar-refractivity contribution in [1.29, 1.82) is 0 Å². The van der Waals surface area contributed by atoms with Gasteiger partial charge in [-0.05, 0) is 31.3 Å². The summed E-state index contributed by atoms with van der Waals surface area (Å²) in [4.78, 5) is 44.9. The van der Waals surface area contributed by atoms with E-state index in [9.17, 15) is 14.4 Å². The minimum absolute atomic E-state index is 0.171. The maximum atomic E-state index is 13.1. The second-order valence-corrected chi connectivity index (χ2v) is 9.58. The topological polar surface area (TPSA) is 79.4 Å². The molecule has 0 bridgehead atoms. The van der Waals surface area contributed by atoms with Gasteiger partial charge in [-0.15, -0.1) is 11.3 Å². The van der Waals surface area contributed by atoms with Crippen molar-refractivity contribution in [3.05, 3.63) is 35.7 Å². The van der Waals surface area contributed by atoms with Gasteiger partial charge >= 0.3 is 0 Å². The molecule has 30 heavy (non-hydrogen) atoms. The summed E-state index contributed by atoms with van der Waals surface area (Å²) in [5.41, 5.74) is 1.76. The van der Waals surface area contributed by atoms with Crippen molar-refractivity contribution in [2.45, 2.75) is 38.1 Å². The minimum atomic E-state index is -0.785. The van der Waals surface area contributed by atoms with Crippen molar-refractivity contribution in [3.8, 4) is 11.3 Å². The molecule has 158 valence electrons. The molecular weight excluding hydrogens is 418 g/mol. The number of nitrogens with zero attached hydrogens (tertiary/aromatic N) is 2. The zero-order chi connectivity index (χ0) is 21.1. The van der Waals surface area contributed by atoms with Gasteiger partial charge in [0.25, 0.3) is 0 Å². The van der Waals surface area contributed by atoms with E-state index in [1.165, 1.54) is 16.2 Å². The molecule has 1 aromatic heterocycles. The number of amides is 3. The predicted octanol–water partition coefficient (Wildman–Crippen LogP) is 4.05. The molecule has 6 nitrogen and oxygen atoms in total. The Balaban J connectivity index is 1.52. The first kappa shape index (κ1) is 21.1. The molecule has 2 aliphatic rings. The number of thiazole rings is 1. The molecule has 3 atom stereocenters. The van der Waals surface area contributed by atoms with Gasteiger partial charge in [0.1, 0.15) is 6.04 Å². The SMILES string of the molecule is CSCC[C@H](C(=O)Nc1nc(-c2ccccc2)cs1)N1C(=O)[C@H]2CCCC[C@@H]2C1=O. The van der Waals surface area contributed by atoms with Gasteiger partial charge < -0.3 is 5.32 Å². The van der Waals surface area contributed by atoms with Crippen LogP contribution in [0.2, 0.25) is 0 Å². The van der Waals surface area contributed by atoms with E-state index in [4.69, 9.17) is 0 Å². The smallest absolute Gasteiger partial charge is 0.249 e. The lowest BCUT2D eigenvalue weighted by molar-refractivity contribution is -0.146. The molecule has 1 aromatic carbocycles. The maximum Gasteiger partial charge on any atom is 0.249 e. The molecular formula is C22H25N3O3S2. The van der Waals surface area contributed by atoms with Gasteiger partial charge in [-0.3, -0.25) is 19.3 Å². The van der Waals surface area contributed by atoms with Crippen LogP contribution in [0.1, 0.15) is 32.1 Å². The summed E-state index contributed by atoms with van der Waals surface area (Å²) in [7, 11) is 0. The van der Waals surface area contributed by atoms with Crippen LogP contribution in [0.25, 0.3) is 11.3 Å². The number of fused-ring (bicyclic) bond motifs is 1. The zero-order valence-electron chi connectivity index (χ0n) is 16.9. The number of imide groups is 1. The van der Waals surface area contributed by atoms with Crippen LogP contribution in [0, 0.1) is 11.8 Å². The summed E-state index contributed by atoms with van der Waals surface area (Å²) in [6.07, 6.45) is 5.83. The number of benzene rings is 1. The van der Waals surface area contributed by atoms with Crippen molar-refractivity contribution >= 4 is 46.0 Å². The van der Waals surface area contributed by atoms with E-state index < -0.39 is 6.04 Å². The molecule has 2 fully saturated rings. The number of carbonyl (C=O) groups is 3. The van der Waals surface area contributed by atoms with E-state index >= 15 is 0 Å². The molecule has 4 rings (SSSR count). The predicted molar refractivity (Wildman–Crippen MR) is 120 cm³/mol. The second-order valence-electron chi connectivity index (χ2n) is 7.73. The Bertz CT molecular complexity index is 907. The van der Waals surface area contributed by atoms with Gasteiger partial charge in [0, 0.05) is 10.9 Å². The van der Waals surface area contributed by atoms with Crippen molar-refractivity contribution in [2.75, 3.05) is 17.3 Å². The van der Waals surface area contributed by atoms with E-state index in [-0.39, 0.29) is 29.6 Å². The first-order valence-corrected chi connectivity index (χ1v) is 12.5. The van der Waals surface area contributed by atoms with Crippen LogP contribution in [0.5, 0.6) is 0 Å². The number of aromatic nitrogens is 1. The lowest BCUT2D eigenvalue weighted by atomic mass is 9.81. The first-order valence-electron chi connectivity index (χ1n) is 10.3. The fourth-order valence-corrected chi connectivity index (χ4v) is 5.54. The Morgan fingerprint density at radius 3 is 2.50 bits per heavy atom. The highest BCUT2D eigenvalue weighted by molar-refractivity contribution is 7.98. The molecule has 1 saturated heterocycles. The molecule has 1 saturated carbocycles. The van der Waals surface area contributed by atoms with Crippen LogP contribution >= 0.6 is 23.1 Å². The average molecular weight is 444 g/mol. The Morgan fingerprint density at radius 2 is 1.87 bits per heavy atom. The normalized spacial score (nSPS) is 22.1. The van der Waals surface area contributed by atoms with Crippen LogP contribution in [0.3, 0.4) is 0 Å². The lowest BCUT2D eigenvalue weighted by Gasteiger charge is -2.25. The first-order chi connectivity index (χ1) is 14.6. The van der Waals surface area contributed by atoms with E-state index in [0.717, 1.165) is 36.9 Å². The summed E-state index contributed by atoms with van der Waals surface area (Å²) in [5.74, 6) is -0.485. The lowest BCUT2D eigenvalue weighted by Crippen LogP contribution is -2.48. The monoisotopic (exact) mass is 443 g/mol. The summed E-state index contributed by atoms with van der Waals surface area (Å²) in [6, 6.07) is 8.96. The average Bonchev–Trinajstić information content (AvgIpc) is 3.33. The number of likely N-dealkylation sites (tertiary alicyclic amines) is 1. The highest BCUT2D eigenvalue weighted by Gasteiger charge is 2.51. The summed E-state index contributed by atoms with van der Waals surface area (Å²) < 4.78 is 0.